The van der Waals surface area contributed by atoms with Crippen LogP contribution in [0.5, 0.6) is 17.2 Å². The lowest BCUT2D eigenvalue weighted by Crippen LogP contribution is -2.35. The Hall–Kier alpha value is -5.32. The molecule has 0 radical (unpaired) electrons. The number of carbonyl (C=O) groups excluding carboxylic acids is 4. The number of hydrogen-bond donors (Lipinski definition) is 0. The van der Waals surface area contributed by atoms with Gasteiger partial charge in [-0.25, -0.2) is 14.4 Å². The van der Waals surface area contributed by atoms with Gasteiger partial charge in [-0.15, -0.1) is 0 Å². The molecule has 0 unspecified atom stereocenters. The highest BCUT2D eigenvalue weighted by atomic mass is 16.6. The number of hydrogen-bond acceptors (Lipinski definition) is 10. The molecule has 0 aromatic heterocycles. The Morgan fingerprint density at radius 3 is 1.46 bits per heavy atom. The molecular weight excluding hydrogens is 592 g/mol. The van der Waals surface area contributed by atoms with Crippen molar-refractivity contribution in [3.63, 3.8) is 0 Å². The molecule has 0 spiro atoms. The van der Waals surface area contributed by atoms with Crippen molar-refractivity contribution in [1.82, 2.24) is 0 Å². The van der Waals surface area contributed by atoms with E-state index in [-0.39, 0.29) is 30.3 Å². The number of rotatable bonds is 8. The summed E-state index contributed by atoms with van der Waals surface area (Å²) in [6.45, 7) is 3.94. The second-order valence-electron chi connectivity index (χ2n) is 11.1. The van der Waals surface area contributed by atoms with E-state index in [0.29, 0.717) is 16.9 Å². The normalized spacial score (nSPS) is 20.0. The summed E-state index contributed by atoms with van der Waals surface area (Å²) in [6.07, 6.45) is -2.01. The zero-order chi connectivity index (χ0) is 32.2. The third-order valence-corrected chi connectivity index (χ3v) is 7.70. The molecule has 0 bridgehead atoms. The topological polar surface area (TPSA) is 124 Å². The van der Waals surface area contributed by atoms with Crippen molar-refractivity contribution in [3.8, 4) is 17.2 Å². The number of ether oxygens (including phenoxy) is 6. The summed E-state index contributed by atoms with van der Waals surface area (Å²) >= 11 is 0. The minimum atomic E-state index is -0.727. The smallest absolute Gasteiger partial charge is 0.343 e. The van der Waals surface area contributed by atoms with Crippen LogP contribution in [-0.2, 0) is 19.0 Å². The average molecular weight is 623 g/mol. The Labute approximate surface area is 264 Å². The van der Waals surface area contributed by atoms with E-state index in [1.807, 2.05) is 38.1 Å². The first-order valence-corrected chi connectivity index (χ1v) is 14.7. The van der Waals surface area contributed by atoms with Gasteiger partial charge in [0, 0.05) is 0 Å². The zero-order valence-corrected chi connectivity index (χ0v) is 25.0. The van der Waals surface area contributed by atoms with E-state index in [9.17, 15) is 19.2 Å². The van der Waals surface area contributed by atoms with E-state index < -0.39 is 48.1 Å². The summed E-state index contributed by atoms with van der Waals surface area (Å²) in [5, 5.41) is 0. The SMILES string of the molecule is Cc1ccc(C(=O)Oc2ccc(OC(=O)[C@H]3CO[C@H]4[C@@H]3OC[C@H]4OC(=O)c3ccc(OC(=O)c4ccc(C)cc4)cc3)cc2)cc1. The molecule has 4 aromatic carbocycles. The van der Waals surface area contributed by atoms with E-state index in [0.717, 1.165) is 11.1 Å². The monoisotopic (exact) mass is 622 g/mol. The fourth-order valence-electron chi connectivity index (χ4n) is 5.11. The van der Waals surface area contributed by atoms with Gasteiger partial charge in [0.2, 0.25) is 0 Å². The van der Waals surface area contributed by atoms with Gasteiger partial charge < -0.3 is 28.4 Å². The van der Waals surface area contributed by atoms with Crippen molar-refractivity contribution in [3.05, 3.63) is 125 Å². The van der Waals surface area contributed by atoms with Gasteiger partial charge in [0.05, 0.1) is 29.9 Å². The first-order chi connectivity index (χ1) is 22.2. The molecule has 46 heavy (non-hydrogen) atoms. The van der Waals surface area contributed by atoms with Gasteiger partial charge in [0.25, 0.3) is 0 Å². The lowest BCUT2D eigenvalue weighted by atomic mass is 10.0. The molecule has 0 aliphatic carbocycles. The highest BCUT2D eigenvalue weighted by Crippen LogP contribution is 2.34. The van der Waals surface area contributed by atoms with Crippen LogP contribution < -0.4 is 14.2 Å². The predicted molar refractivity (Wildman–Crippen MR) is 163 cm³/mol. The van der Waals surface area contributed by atoms with Gasteiger partial charge in [0.15, 0.2) is 6.10 Å². The molecule has 0 N–H and O–H groups in total. The van der Waals surface area contributed by atoms with E-state index in [1.54, 1.807) is 24.3 Å². The van der Waals surface area contributed by atoms with Crippen molar-refractivity contribution >= 4 is 23.9 Å². The van der Waals surface area contributed by atoms with E-state index >= 15 is 0 Å². The van der Waals surface area contributed by atoms with Gasteiger partial charge in [-0.05, 0) is 86.6 Å². The van der Waals surface area contributed by atoms with Crippen LogP contribution in [0.25, 0.3) is 0 Å². The largest absolute Gasteiger partial charge is 0.453 e. The standard InChI is InChI=1S/C36H30O10/c1-21-3-7-23(8-4-21)33(37)43-26-13-11-25(12-14-26)35(39)46-30-20-42-31-29(19-41-32(30)31)36(40)45-28-17-15-27(16-18-28)44-34(38)24-9-5-22(2)6-10-24/h3-18,29-32H,19-20H2,1-2H3/t29-,30+,31+,32+/m0/s1. The van der Waals surface area contributed by atoms with Gasteiger partial charge in [-0.1, -0.05) is 35.4 Å². The van der Waals surface area contributed by atoms with Crippen LogP contribution in [0.2, 0.25) is 0 Å². The summed E-state index contributed by atoms with van der Waals surface area (Å²) in [5.74, 6) is -2.05. The number of aryl methyl sites for hydroxylation is 2. The first-order valence-electron chi connectivity index (χ1n) is 14.7. The minimum Gasteiger partial charge on any atom is -0.453 e. The Morgan fingerprint density at radius 1 is 0.522 bits per heavy atom. The van der Waals surface area contributed by atoms with Crippen LogP contribution in [0.4, 0.5) is 0 Å². The van der Waals surface area contributed by atoms with Crippen molar-refractivity contribution in [2.45, 2.75) is 32.2 Å². The van der Waals surface area contributed by atoms with Gasteiger partial charge >= 0.3 is 23.9 Å². The Morgan fingerprint density at radius 2 is 0.935 bits per heavy atom. The molecule has 10 nitrogen and oxygen atoms in total. The van der Waals surface area contributed by atoms with Gasteiger partial charge in [0.1, 0.15) is 35.4 Å². The summed E-state index contributed by atoms with van der Waals surface area (Å²) in [5.41, 5.74) is 3.15. The van der Waals surface area contributed by atoms with E-state index in [4.69, 9.17) is 28.4 Å². The van der Waals surface area contributed by atoms with Crippen molar-refractivity contribution in [2.24, 2.45) is 5.92 Å². The van der Waals surface area contributed by atoms with Gasteiger partial charge in [-0.2, -0.15) is 0 Å². The zero-order valence-electron chi connectivity index (χ0n) is 25.0. The number of benzene rings is 4. The minimum absolute atomic E-state index is 0.0372. The van der Waals surface area contributed by atoms with Crippen LogP contribution in [0, 0.1) is 19.8 Å². The van der Waals surface area contributed by atoms with Crippen molar-refractivity contribution in [1.29, 1.82) is 0 Å². The third-order valence-electron chi connectivity index (χ3n) is 7.70. The molecule has 4 aromatic rings. The Bertz CT molecular complexity index is 1730. The van der Waals surface area contributed by atoms with Crippen LogP contribution in [0.3, 0.4) is 0 Å². The first kappa shape index (κ1) is 30.7. The summed E-state index contributed by atoms with van der Waals surface area (Å²) in [7, 11) is 0. The Kier molecular flexibility index (Phi) is 8.91. The fourth-order valence-corrected chi connectivity index (χ4v) is 5.11. The molecule has 2 fully saturated rings. The number of fused-ring (bicyclic) bond motifs is 1. The van der Waals surface area contributed by atoms with Crippen LogP contribution >= 0.6 is 0 Å². The summed E-state index contributed by atoms with van der Waals surface area (Å²) in [4.78, 5) is 50.6. The molecule has 0 saturated carbocycles. The predicted octanol–water partition coefficient (Wildman–Crippen LogP) is 5.29. The maximum absolute atomic E-state index is 13.0. The number of esters is 4. The lowest BCUT2D eigenvalue weighted by molar-refractivity contribution is -0.142. The van der Waals surface area contributed by atoms with Crippen molar-refractivity contribution in [2.75, 3.05) is 13.2 Å². The van der Waals surface area contributed by atoms with E-state index in [2.05, 4.69) is 0 Å². The molecule has 2 saturated heterocycles. The highest BCUT2D eigenvalue weighted by Gasteiger charge is 2.52. The quantitative estimate of drug-likeness (QED) is 0.189. The van der Waals surface area contributed by atoms with Crippen molar-refractivity contribution < 1.29 is 47.6 Å². The maximum atomic E-state index is 13.0. The molecule has 2 aliphatic rings. The second-order valence-corrected chi connectivity index (χ2v) is 11.1. The second kappa shape index (κ2) is 13.4. The molecule has 4 atom stereocenters. The maximum Gasteiger partial charge on any atom is 0.343 e. The van der Waals surface area contributed by atoms with Crippen LogP contribution in [-0.4, -0.2) is 55.4 Å². The van der Waals surface area contributed by atoms with E-state index in [1.165, 1.54) is 48.5 Å². The summed E-state index contributed by atoms with van der Waals surface area (Å²) < 4.78 is 33.6. The van der Waals surface area contributed by atoms with Crippen LogP contribution in [0.15, 0.2) is 97.1 Å². The molecular formula is C36H30O10. The highest BCUT2D eigenvalue weighted by molar-refractivity contribution is 5.92. The summed E-state index contributed by atoms with van der Waals surface area (Å²) in [6, 6.07) is 26.2. The number of carbonyl (C=O) groups is 4. The average Bonchev–Trinajstić information content (AvgIpc) is 3.66. The van der Waals surface area contributed by atoms with Gasteiger partial charge in [-0.3, -0.25) is 4.79 Å². The fraction of sp³-hybridized carbons (Fsp3) is 0.222. The Balaban J connectivity index is 0.987. The molecule has 2 heterocycles. The molecule has 234 valence electrons. The molecule has 0 amide bonds. The lowest BCUT2D eigenvalue weighted by Gasteiger charge is -2.17. The molecule has 10 heteroatoms. The molecule has 6 rings (SSSR count). The van der Waals surface area contributed by atoms with Crippen LogP contribution in [0.1, 0.15) is 42.2 Å². The molecule has 2 aliphatic heterocycles. The third kappa shape index (κ3) is 6.98.